The number of hydrogen-bond acceptors (Lipinski definition) is 3. The van der Waals surface area contributed by atoms with Gasteiger partial charge in [0.15, 0.2) is 5.65 Å². The molecule has 0 amide bonds. The van der Waals surface area contributed by atoms with Gasteiger partial charge >= 0.3 is 0 Å². The molecule has 84 valence electrons. The highest BCUT2D eigenvalue weighted by molar-refractivity contribution is 5.71. The predicted octanol–water partition coefficient (Wildman–Crippen LogP) is 1.66. The molecular formula is C12H16N4. The van der Waals surface area contributed by atoms with Gasteiger partial charge in [-0.3, -0.25) is 0 Å². The van der Waals surface area contributed by atoms with Crippen LogP contribution in [0.25, 0.3) is 11.2 Å². The molecule has 0 aliphatic carbocycles. The molecule has 0 aromatic carbocycles. The fourth-order valence-corrected chi connectivity index (χ4v) is 2.53. The van der Waals surface area contributed by atoms with Gasteiger partial charge < -0.3 is 9.88 Å². The molecule has 3 rings (SSSR count). The SMILES string of the molecule is Cc1nc2cccnc2n1[C@H]1CCCNC1. The van der Waals surface area contributed by atoms with Crippen molar-refractivity contribution in [2.45, 2.75) is 25.8 Å². The van der Waals surface area contributed by atoms with Crippen LogP contribution < -0.4 is 5.32 Å². The Kier molecular flexibility index (Phi) is 2.36. The van der Waals surface area contributed by atoms with Gasteiger partial charge in [0, 0.05) is 18.8 Å². The third-order valence-corrected chi connectivity index (χ3v) is 3.26. The van der Waals surface area contributed by atoms with Crippen molar-refractivity contribution >= 4 is 11.2 Å². The molecule has 0 spiro atoms. The van der Waals surface area contributed by atoms with E-state index in [1.54, 1.807) is 0 Å². The molecule has 2 aromatic rings. The molecule has 16 heavy (non-hydrogen) atoms. The van der Waals surface area contributed by atoms with Gasteiger partial charge in [-0.05, 0) is 38.4 Å². The Morgan fingerprint density at radius 1 is 1.50 bits per heavy atom. The number of nitrogens with zero attached hydrogens (tertiary/aromatic N) is 3. The molecule has 0 bridgehead atoms. The molecular weight excluding hydrogens is 200 g/mol. The van der Waals surface area contributed by atoms with E-state index in [-0.39, 0.29) is 0 Å². The Balaban J connectivity index is 2.10. The smallest absolute Gasteiger partial charge is 0.160 e. The molecule has 1 aliphatic rings. The maximum absolute atomic E-state index is 4.56. The Hall–Kier alpha value is -1.42. The zero-order valence-corrected chi connectivity index (χ0v) is 9.48. The lowest BCUT2D eigenvalue weighted by molar-refractivity contribution is 0.372. The molecule has 0 unspecified atom stereocenters. The van der Waals surface area contributed by atoms with E-state index in [2.05, 4.69) is 26.8 Å². The zero-order valence-electron chi connectivity index (χ0n) is 9.48. The maximum atomic E-state index is 4.56. The van der Waals surface area contributed by atoms with Gasteiger partial charge in [0.1, 0.15) is 11.3 Å². The third kappa shape index (κ3) is 1.50. The van der Waals surface area contributed by atoms with Crippen molar-refractivity contribution in [3.63, 3.8) is 0 Å². The van der Waals surface area contributed by atoms with Crippen LogP contribution in [-0.2, 0) is 0 Å². The summed E-state index contributed by atoms with van der Waals surface area (Å²) in [5.41, 5.74) is 2.03. The molecule has 4 nitrogen and oxygen atoms in total. The lowest BCUT2D eigenvalue weighted by atomic mass is 10.1. The first-order valence-corrected chi connectivity index (χ1v) is 5.86. The van der Waals surface area contributed by atoms with E-state index in [1.807, 2.05) is 18.3 Å². The summed E-state index contributed by atoms with van der Waals surface area (Å²) in [6.45, 7) is 4.23. The number of imidazole rings is 1. The summed E-state index contributed by atoms with van der Waals surface area (Å²) in [6.07, 6.45) is 4.29. The quantitative estimate of drug-likeness (QED) is 0.788. The van der Waals surface area contributed by atoms with Crippen LogP contribution in [0.1, 0.15) is 24.7 Å². The minimum absolute atomic E-state index is 0.508. The van der Waals surface area contributed by atoms with E-state index in [9.17, 15) is 0 Å². The molecule has 1 saturated heterocycles. The summed E-state index contributed by atoms with van der Waals surface area (Å²) in [5.74, 6) is 1.07. The molecule has 4 heteroatoms. The highest BCUT2D eigenvalue weighted by Crippen LogP contribution is 2.23. The van der Waals surface area contributed by atoms with Crippen molar-refractivity contribution in [1.82, 2.24) is 19.9 Å². The van der Waals surface area contributed by atoms with E-state index in [0.29, 0.717) is 6.04 Å². The van der Waals surface area contributed by atoms with Gasteiger partial charge in [-0.2, -0.15) is 0 Å². The van der Waals surface area contributed by atoms with Gasteiger partial charge in [-0.25, -0.2) is 9.97 Å². The van der Waals surface area contributed by atoms with Gasteiger partial charge in [-0.1, -0.05) is 0 Å². The van der Waals surface area contributed by atoms with E-state index < -0.39 is 0 Å². The van der Waals surface area contributed by atoms with Crippen LogP contribution in [-0.4, -0.2) is 27.6 Å². The lowest BCUT2D eigenvalue weighted by Gasteiger charge is -2.25. The van der Waals surface area contributed by atoms with Crippen molar-refractivity contribution in [3.8, 4) is 0 Å². The maximum Gasteiger partial charge on any atom is 0.160 e. The number of hydrogen-bond donors (Lipinski definition) is 1. The van der Waals surface area contributed by atoms with E-state index in [4.69, 9.17) is 0 Å². The van der Waals surface area contributed by atoms with Crippen LogP contribution in [0.4, 0.5) is 0 Å². The zero-order chi connectivity index (χ0) is 11.0. The first kappa shape index (κ1) is 9.78. The second-order valence-corrected chi connectivity index (χ2v) is 4.38. The first-order valence-electron chi connectivity index (χ1n) is 5.86. The Labute approximate surface area is 94.7 Å². The van der Waals surface area contributed by atoms with Gasteiger partial charge in [0.2, 0.25) is 0 Å². The largest absolute Gasteiger partial charge is 0.315 e. The highest BCUT2D eigenvalue weighted by atomic mass is 15.2. The van der Waals surface area contributed by atoms with E-state index >= 15 is 0 Å². The normalized spacial score (nSPS) is 21.4. The average molecular weight is 216 g/mol. The number of nitrogens with one attached hydrogen (secondary N) is 1. The molecule has 2 aromatic heterocycles. The fraction of sp³-hybridized carbons (Fsp3) is 0.500. The molecule has 3 heterocycles. The molecule has 1 aliphatic heterocycles. The molecule has 0 radical (unpaired) electrons. The first-order chi connectivity index (χ1) is 7.86. The third-order valence-electron chi connectivity index (χ3n) is 3.26. The van der Waals surface area contributed by atoms with Crippen LogP contribution >= 0.6 is 0 Å². The molecule has 1 N–H and O–H groups in total. The summed E-state index contributed by atoms with van der Waals surface area (Å²) in [6, 6.07) is 4.48. The minimum Gasteiger partial charge on any atom is -0.315 e. The number of aromatic nitrogens is 3. The Morgan fingerprint density at radius 3 is 3.25 bits per heavy atom. The summed E-state index contributed by atoms with van der Waals surface area (Å²) in [7, 11) is 0. The van der Waals surface area contributed by atoms with Crippen molar-refractivity contribution in [2.75, 3.05) is 13.1 Å². The van der Waals surface area contributed by atoms with Crippen LogP contribution in [0.15, 0.2) is 18.3 Å². The van der Waals surface area contributed by atoms with E-state index in [0.717, 1.165) is 30.1 Å². The van der Waals surface area contributed by atoms with E-state index in [1.165, 1.54) is 12.8 Å². The molecule has 0 saturated carbocycles. The van der Waals surface area contributed by atoms with Crippen molar-refractivity contribution in [2.24, 2.45) is 0 Å². The number of piperidine rings is 1. The number of fused-ring (bicyclic) bond motifs is 1. The Morgan fingerprint density at radius 2 is 2.44 bits per heavy atom. The fourth-order valence-electron chi connectivity index (χ4n) is 2.53. The predicted molar refractivity (Wildman–Crippen MR) is 63.4 cm³/mol. The second-order valence-electron chi connectivity index (χ2n) is 4.38. The topological polar surface area (TPSA) is 42.7 Å². The van der Waals surface area contributed by atoms with Crippen molar-refractivity contribution in [3.05, 3.63) is 24.2 Å². The van der Waals surface area contributed by atoms with Crippen molar-refractivity contribution in [1.29, 1.82) is 0 Å². The van der Waals surface area contributed by atoms with Crippen LogP contribution in [0.3, 0.4) is 0 Å². The highest BCUT2D eigenvalue weighted by Gasteiger charge is 2.19. The van der Waals surface area contributed by atoms with Gasteiger partial charge in [0.25, 0.3) is 0 Å². The Bertz CT molecular complexity index is 497. The van der Waals surface area contributed by atoms with Gasteiger partial charge in [0.05, 0.1) is 0 Å². The standard InChI is InChI=1S/C12H16N4/c1-9-15-11-5-3-7-14-12(11)16(9)10-4-2-6-13-8-10/h3,5,7,10,13H,2,4,6,8H2,1H3/t10-/m0/s1. The summed E-state index contributed by atoms with van der Waals surface area (Å²) in [4.78, 5) is 9.01. The summed E-state index contributed by atoms with van der Waals surface area (Å²) < 4.78 is 2.28. The molecule has 1 fully saturated rings. The van der Waals surface area contributed by atoms with Gasteiger partial charge in [-0.15, -0.1) is 0 Å². The monoisotopic (exact) mass is 216 g/mol. The summed E-state index contributed by atoms with van der Waals surface area (Å²) in [5, 5.41) is 3.44. The molecule has 1 atom stereocenters. The van der Waals surface area contributed by atoms with Crippen molar-refractivity contribution < 1.29 is 0 Å². The average Bonchev–Trinajstić information content (AvgIpc) is 2.66. The second kappa shape index (κ2) is 3.87. The minimum atomic E-state index is 0.508. The number of rotatable bonds is 1. The number of pyridine rings is 1. The number of aryl methyl sites for hydroxylation is 1. The van der Waals surface area contributed by atoms with Crippen LogP contribution in [0.5, 0.6) is 0 Å². The lowest BCUT2D eigenvalue weighted by Crippen LogP contribution is -2.32. The van der Waals surface area contributed by atoms with Crippen LogP contribution in [0.2, 0.25) is 0 Å². The van der Waals surface area contributed by atoms with Crippen LogP contribution in [0, 0.1) is 6.92 Å². The summed E-state index contributed by atoms with van der Waals surface area (Å²) >= 11 is 0.